The highest BCUT2D eigenvalue weighted by Crippen LogP contribution is 2.33. The van der Waals surface area contributed by atoms with Crippen LogP contribution in [0.3, 0.4) is 0 Å². The lowest BCUT2D eigenvalue weighted by Crippen LogP contribution is -2.17. The van der Waals surface area contributed by atoms with E-state index in [0.29, 0.717) is 5.82 Å². The van der Waals surface area contributed by atoms with Crippen molar-refractivity contribution in [1.82, 2.24) is 20.2 Å². The smallest absolute Gasteiger partial charge is 0.208 e. The first-order valence-electron chi connectivity index (χ1n) is 6.09. The Morgan fingerprint density at radius 3 is 2.45 bits per heavy atom. The van der Waals surface area contributed by atoms with Gasteiger partial charge in [0.1, 0.15) is 16.7 Å². The molecular formula is C12H18N6S2. The maximum absolute atomic E-state index is 5.86. The average Bonchev–Trinajstić information content (AvgIpc) is 2.75. The molecule has 0 bridgehead atoms. The molecule has 20 heavy (non-hydrogen) atoms. The molecule has 0 fully saturated rings. The van der Waals surface area contributed by atoms with E-state index in [2.05, 4.69) is 40.9 Å². The van der Waals surface area contributed by atoms with Crippen LogP contribution in [0.25, 0.3) is 0 Å². The van der Waals surface area contributed by atoms with Crippen LogP contribution in [0, 0.1) is 0 Å². The second kappa shape index (κ2) is 5.53. The Hall–Kier alpha value is -1.41. The van der Waals surface area contributed by atoms with Gasteiger partial charge in [-0.05, 0) is 11.8 Å². The molecule has 8 heteroatoms. The third-order valence-electron chi connectivity index (χ3n) is 2.36. The van der Waals surface area contributed by atoms with E-state index in [0.717, 1.165) is 20.3 Å². The van der Waals surface area contributed by atoms with E-state index in [4.69, 9.17) is 5.73 Å². The van der Waals surface area contributed by atoms with Gasteiger partial charge < -0.3 is 10.6 Å². The Balaban J connectivity index is 2.26. The van der Waals surface area contributed by atoms with Crippen LogP contribution in [0.1, 0.15) is 26.6 Å². The van der Waals surface area contributed by atoms with Crippen LogP contribution in [-0.4, -0.2) is 34.3 Å². The minimum Gasteiger partial charge on any atom is -0.384 e. The predicted molar refractivity (Wildman–Crippen MR) is 83.5 cm³/mol. The van der Waals surface area contributed by atoms with E-state index in [1.54, 1.807) is 6.07 Å². The van der Waals surface area contributed by atoms with Crippen LogP contribution >= 0.6 is 23.1 Å². The van der Waals surface area contributed by atoms with Crippen LogP contribution < -0.4 is 10.6 Å². The maximum atomic E-state index is 5.86. The van der Waals surface area contributed by atoms with E-state index in [-0.39, 0.29) is 5.41 Å². The van der Waals surface area contributed by atoms with E-state index < -0.39 is 0 Å². The van der Waals surface area contributed by atoms with E-state index >= 15 is 0 Å². The molecule has 6 nitrogen and oxygen atoms in total. The van der Waals surface area contributed by atoms with Gasteiger partial charge in [-0.25, -0.2) is 9.97 Å². The molecule has 0 spiro atoms. The Morgan fingerprint density at radius 1 is 1.20 bits per heavy atom. The SMILES string of the molecule is CN(C)c1nnc(Sc2cc(N)nc(C(C)(C)C)n2)s1. The molecule has 0 atom stereocenters. The van der Waals surface area contributed by atoms with Crippen molar-refractivity contribution < 1.29 is 0 Å². The van der Waals surface area contributed by atoms with E-state index in [9.17, 15) is 0 Å². The normalized spacial score (nSPS) is 11.7. The topological polar surface area (TPSA) is 80.8 Å². The van der Waals surface area contributed by atoms with Crippen LogP contribution in [0.5, 0.6) is 0 Å². The van der Waals surface area contributed by atoms with E-state index in [1.165, 1.54) is 23.1 Å². The Kier molecular flexibility index (Phi) is 4.14. The zero-order chi connectivity index (χ0) is 14.9. The van der Waals surface area contributed by atoms with Gasteiger partial charge in [-0.3, -0.25) is 0 Å². The highest BCUT2D eigenvalue weighted by Gasteiger charge is 2.19. The Morgan fingerprint density at radius 2 is 1.90 bits per heavy atom. The zero-order valence-corrected chi connectivity index (χ0v) is 13.8. The number of hydrogen-bond donors (Lipinski definition) is 1. The molecule has 0 radical (unpaired) electrons. The summed E-state index contributed by atoms with van der Waals surface area (Å²) in [5.41, 5.74) is 5.72. The lowest BCUT2D eigenvalue weighted by atomic mass is 9.96. The van der Waals surface area contributed by atoms with Gasteiger partial charge in [-0.1, -0.05) is 32.1 Å². The van der Waals surface area contributed by atoms with Crippen molar-refractivity contribution in [1.29, 1.82) is 0 Å². The molecule has 0 aromatic carbocycles. The van der Waals surface area contributed by atoms with Gasteiger partial charge in [0, 0.05) is 25.6 Å². The summed E-state index contributed by atoms with van der Waals surface area (Å²) in [7, 11) is 3.88. The predicted octanol–water partition coefficient (Wildman–Crippen LogP) is 2.43. The fourth-order valence-electron chi connectivity index (χ4n) is 1.34. The molecule has 0 saturated carbocycles. The third-order valence-corrected chi connectivity index (χ3v) is 4.42. The fraction of sp³-hybridized carbons (Fsp3) is 0.500. The number of rotatable bonds is 3. The molecule has 0 saturated heterocycles. The lowest BCUT2D eigenvalue weighted by molar-refractivity contribution is 0.540. The molecular weight excluding hydrogens is 292 g/mol. The van der Waals surface area contributed by atoms with Gasteiger partial charge >= 0.3 is 0 Å². The maximum Gasteiger partial charge on any atom is 0.208 e. The molecule has 0 aliphatic rings. The van der Waals surface area contributed by atoms with Crippen molar-refractivity contribution in [2.45, 2.75) is 35.6 Å². The second-order valence-corrected chi connectivity index (χ2v) is 7.78. The number of anilines is 2. The molecule has 0 unspecified atom stereocenters. The molecule has 0 aliphatic heterocycles. The van der Waals surface area contributed by atoms with Gasteiger partial charge in [-0.15, -0.1) is 10.2 Å². The minimum atomic E-state index is -0.138. The van der Waals surface area contributed by atoms with Crippen LogP contribution in [0.4, 0.5) is 10.9 Å². The summed E-state index contributed by atoms with van der Waals surface area (Å²) in [6.45, 7) is 6.18. The summed E-state index contributed by atoms with van der Waals surface area (Å²) >= 11 is 2.98. The van der Waals surface area contributed by atoms with E-state index in [1.807, 2.05) is 19.0 Å². The fourth-order valence-corrected chi connectivity index (χ4v) is 3.07. The van der Waals surface area contributed by atoms with Crippen LogP contribution in [0.15, 0.2) is 15.4 Å². The van der Waals surface area contributed by atoms with Crippen molar-refractivity contribution >= 4 is 34.0 Å². The lowest BCUT2D eigenvalue weighted by Gasteiger charge is -2.17. The molecule has 108 valence electrons. The van der Waals surface area contributed by atoms with Crippen molar-refractivity contribution in [2.24, 2.45) is 0 Å². The van der Waals surface area contributed by atoms with Crippen LogP contribution in [0.2, 0.25) is 0 Å². The first kappa shape index (κ1) is 15.0. The standard InChI is InChI=1S/C12H18N6S2/c1-12(2,3)9-14-7(13)6-8(15-9)19-11-17-16-10(20-11)18(4)5/h6H,1-5H3,(H2,13,14,15). The molecule has 0 aliphatic carbocycles. The number of nitrogens with two attached hydrogens (primary N) is 1. The number of nitrogens with zero attached hydrogens (tertiary/aromatic N) is 5. The van der Waals surface area contributed by atoms with Crippen molar-refractivity contribution in [3.05, 3.63) is 11.9 Å². The summed E-state index contributed by atoms with van der Waals surface area (Å²) in [6.07, 6.45) is 0. The monoisotopic (exact) mass is 310 g/mol. The Bertz CT molecular complexity index is 602. The van der Waals surface area contributed by atoms with Gasteiger partial charge in [0.2, 0.25) is 5.13 Å². The number of hydrogen-bond acceptors (Lipinski definition) is 8. The highest BCUT2D eigenvalue weighted by atomic mass is 32.2. The quantitative estimate of drug-likeness (QED) is 0.872. The van der Waals surface area contributed by atoms with Gasteiger partial charge in [0.05, 0.1) is 0 Å². The van der Waals surface area contributed by atoms with Crippen LogP contribution in [-0.2, 0) is 5.41 Å². The summed E-state index contributed by atoms with van der Waals surface area (Å²) in [5, 5.41) is 9.91. The molecule has 2 N–H and O–H groups in total. The number of aromatic nitrogens is 4. The largest absolute Gasteiger partial charge is 0.384 e. The summed E-state index contributed by atoms with van der Waals surface area (Å²) in [4.78, 5) is 10.8. The van der Waals surface area contributed by atoms with Gasteiger partial charge in [0.25, 0.3) is 0 Å². The summed E-state index contributed by atoms with van der Waals surface area (Å²) < 4.78 is 0.839. The number of nitrogen functional groups attached to an aromatic ring is 1. The highest BCUT2D eigenvalue weighted by molar-refractivity contribution is 8.01. The Labute approximate surface area is 126 Å². The molecule has 2 aromatic heterocycles. The molecule has 0 amide bonds. The first-order valence-corrected chi connectivity index (χ1v) is 7.73. The van der Waals surface area contributed by atoms with Crippen molar-refractivity contribution in [3.8, 4) is 0 Å². The second-order valence-electron chi connectivity index (χ2n) is 5.55. The zero-order valence-electron chi connectivity index (χ0n) is 12.2. The van der Waals surface area contributed by atoms with Crippen molar-refractivity contribution in [2.75, 3.05) is 24.7 Å². The molecule has 2 heterocycles. The molecule has 2 rings (SSSR count). The van der Waals surface area contributed by atoms with Gasteiger partial charge in [0.15, 0.2) is 4.34 Å². The average molecular weight is 310 g/mol. The summed E-state index contributed by atoms with van der Waals surface area (Å²) in [5.74, 6) is 1.21. The van der Waals surface area contributed by atoms with Crippen molar-refractivity contribution in [3.63, 3.8) is 0 Å². The minimum absolute atomic E-state index is 0.138. The first-order chi connectivity index (χ1) is 9.25. The third kappa shape index (κ3) is 3.57. The summed E-state index contributed by atoms with van der Waals surface area (Å²) in [6, 6.07) is 1.76. The van der Waals surface area contributed by atoms with Gasteiger partial charge in [-0.2, -0.15) is 0 Å². The molecule has 2 aromatic rings.